The number of hydrogen-bond donors (Lipinski definition) is 0. The fraction of sp³-hybridized carbons (Fsp3) is 0.556. The molecule has 3 rings (SSSR count). The Morgan fingerprint density at radius 2 is 2.09 bits per heavy atom. The molecular weight excluding hydrogens is 290 g/mol. The molecule has 1 atom stereocenters. The summed E-state index contributed by atoms with van der Waals surface area (Å²) in [4.78, 5) is 16.6. The average Bonchev–Trinajstić information content (AvgIpc) is 2.96. The molecule has 2 aliphatic heterocycles. The van der Waals surface area contributed by atoms with E-state index in [1.54, 1.807) is 0 Å². The van der Waals surface area contributed by atoms with Gasteiger partial charge in [-0.15, -0.1) is 0 Å². The summed E-state index contributed by atoms with van der Waals surface area (Å²) in [6.07, 6.45) is 3.62. The van der Waals surface area contributed by atoms with Crippen molar-refractivity contribution in [3.63, 3.8) is 0 Å². The summed E-state index contributed by atoms with van der Waals surface area (Å²) in [7, 11) is 0. The summed E-state index contributed by atoms with van der Waals surface area (Å²) in [5, 5.41) is 9.26. The van der Waals surface area contributed by atoms with E-state index < -0.39 is 0 Å². The van der Waals surface area contributed by atoms with Crippen LogP contribution in [0.3, 0.4) is 0 Å². The highest BCUT2D eigenvalue weighted by molar-refractivity contribution is 5.77. The van der Waals surface area contributed by atoms with E-state index in [9.17, 15) is 10.1 Å². The average molecular weight is 313 g/mol. The number of ether oxygens (including phenoxy) is 1. The molecule has 2 fully saturated rings. The lowest BCUT2D eigenvalue weighted by atomic mass is 10.1. The van der Waals surface area contributed by atoms with Gasteiger partial charge in [-0.25, -0.2) is 0 Å². The SMILES string of the molecule is N#Cc1ccccc1N1CCCN(C(=O)C[C@H]2CCCO2)CC1. The first-order chi connectivity index (χ1) is 11.3. The van der Waals surface area contributed by atoms with Crippen molar-refractivity contribution < 1.29 is 9.53 Å². The Morgan fingerprint density at radius 1 is 1.22 bits per heavy atom. The molecule has 0 spiro atoms. The molecule has 5 heteroatoms. The van der Waals surface area contributed by atoms with Crippen molar-refractivity contribution in [3.8, 4) is 6.07 Å². The molecular formula is C18H23N3O2. The molecule has 0 aliphatic carbocycles. The standard InChI is InChI=1S/C18H23N3O2/c19-14-15-5-1-2-7-17(15)20-8-4-9-21(11-10-20)18(22)13-16-6-3-12-23-16/h1-2,5,7,16H,3-4,6,8-13H2/t16-/m1/s1. The number of nitrogens with zero attached hydrogens (tertiary/aromatic N) is 3. The predicted molar refractivity (Wildman–Crippen MR) is 88.2 cm³/mol. The second-order valence-corrected chi connectivity index (χ2v) is 6.19. The second-order valence-electron chi connectivity index (χ2n) is 6.19. The Bertz CT molecular complexity index is 590. The van der Waals surface area contributed by atoms with Gasteiger partial charge in [0.05, 0.1) is 23.8 Å². The van der Waals surface area contributed by atoms with E-state index in [2.05, 4.69) is 11.0 Å². The van der Waals surface area contributed by atoms with Gasteiger partial charge < -0.3 is 14.5 Å². The number of anilines is 1. The zero-order valence-corrected chi connectivity index (χ0v) is 13.4. The minimum Gasteiger partial charge on any atom is -0.378 e. The monoisotopic (exact) mass is 313 g/mol. The topological polar surface area (TPSA) is 56.6 Å². The first-order valence-electron chi connectivity index (χ1n) is 8.41. The summed E-state index contributed by atoms with van der Waals surface area (Å²) in [5.41, 5.74) is 1.68. The number of nitriles is 1. The molecule has 2 heterocycles. The lowest BCUT2D eigenvalue weighted by Gasteiger charge is -2.25. The molecule has 0 radical (unpaired) electrons. The minimum absolute atomic E-state index is 0.112. The van der Waals surface area contributed by atoms with E-state index in [0.29, 0.717) is 18.5 Å². The van der Waals surface area contributed by atoms with Gasteiger partial charge in [-0.1, -0.05) is 12.1 Å². The van der Waals surface area contributed by atoms with Crippen LogP contribution in [0, 0.1) is 11.3 Å². The molecule has 0 saturated carbocycles. The highest BCUT2D eigenvalue weighted by Gasteiger charge is 2.25. The number of rotatable bonds is 3. The van der Waals surface area contributed by atoms with Gasteiger partial charge in [-0.05, 0) is 31.4 Å². The quantitative estimate of drug-likeness (QED) is 0.858. The second kappa shape index (κ2) is 7.47. The molecule has 23 heavy (non-hydrogen) atoms. The first-order valence-corrected chi connectivity index (χ1v) is 8.41. The molecule has 0 unspecified atom stereocenters. The maximum Gasteiger partial charge on any atom is 0.225 e. The third-order valence-electron chi connectivity index (χ3n) is 4.64. The number of hydrogen-bond acceptors (Lipinski definition) is 4. The molecule has 0 bridgehead atoms. The van der Waals surface area contributed by atoms with Crippen molar-refractivity contribution in [1.82, 2.24) is 4.90 Å². The van der Waals surface area contributed by atoms with Crippen LogP contribution in [0.1, 0.15) is 31.2 Å². The highest BCUT2D eigenvalue weighted by Crippen LogP contribution is 2.22. The molecule has 122 valence electrons. The lowest BCUT2D eigenvalue weighted by Crippen LogP contribution is -2.36. The summed E-state index contributed by atoms with van der Waals surface area (Å²) < 4.78 is 5.57. The number of amides is 1. The normalized spacial score (nSPS) is 21.8. The maximum absolute atomic E-state index is 12.4. The van der Waals surface area contributed by atoms with E-state index in [1.807, 2.05) is 29.2 Å². The van der Waals surface area contributed by atoms with Crippen molar-refractivity contribution in [2.45, 2.75) is 31.8 Å². The summed E-state index contributed by atoms with van der Waals surface area (Å²) in [5.74, 6) is 0.201. The lowest BCUT2D eigenvalue weighted by molar-refractivity contribution is -0.133. The number of para-hydroxylation sites is 1. The van der Waals surface area contributed by atoms with Crippen LogP contribution >= 0.6 is 0 Å². The largest absolute Gasteiger partial charge is 0.378 e. The van der Waals surface area contributed by atoms with Crippen LogP contribution in [0.4, 0.5) is 5.69 Å². The Morgan fingerprint density at radius 3 is 2.87 bits per heavy atom. The van der Waals surface area contributed by atoms with Crippen LogP contribution < -0.4 is 4.90 Å². The van der Waals surface area contributed by atoms with Crippen molar-refractivity contribution in [2.75, 3.05) is 37.7 Å². The van der Waals surface area contributed by atoms with E-state index >= 15 is 0 Å². The Labute approximate surface area is 137 Å². The van der Waals surface area contributed by atoms with Crippen LogP contribution in [0.25, 0.3) is 0 Å². The molecule has 5 nitrogen and oxygen atoms in total. The molecule has 1 aromatic carbocycles. The molecule has 2 saturated heterocycles. The Hall–Kier alpha value is -2.06. The van der Waals surface area contributed by atoms with Crippen LogP contribution in [0.15, 0.2) is 24.3 Å². The van der Waals surface area contributed by atoms with Gasteiger partial charge >= 0.3 is 0 Å². The van der Waals surface area contributed by atoms with Gasteiger partial charge in [-0.2, -0.15) is 5.26 Å². The third kappa shape index (κ3) is 3.83. The van der Waals surface area contributed by atoms with Crippen molar-refractivity contribution >= 4 is 11.6 Å². The fourth-order valence-corrected chi connectivity index (χ4v) is 3.38. The van der Waals surface area contributed by atoms with Crippen LogP contribution in [0.2, 0.25) is 0 Å². The number of carbonyl (C=O) groups excluding carboxylic acids is 1. The molecule has 0 N–H and O–H groups in total. The zero-order chi connectivity index (χ0) is 16.1. The number of benzene rings is 1. The van der Waals surface area contributed by atoms with Crippen LogP contribution in [-0.4, -0.2) is 49.7 Å². The summed E-state index contributed by atoms with van der Waals surface area (Å²) >= 11 is 0. The molecule has 1 aromatic rings. The zero-order valence-electron chi connectivity index (χ0n) is 13.4. The van der Waals surface area contributed by atoms with Gasteiger partial charge in [0.1, 0.15) is 6.07 Å². The Kier molecular flexibility index (Phi) is 5.14. The highest BCUT2D eigenvalue weighted by atomic mass is 16.5. The third-order valence-corrected chi connectivity index (χ3v) is 4.64. The smallest absolute Gasteiger partial charge is 0.225 e. The van der Waals surface area contributed by atoms with Gasteiger partial charge in [0, 0.05) is 32.8 Å². The van der Waals surface area contributed by atoms with Crippen LogP contribution in [-0.2, 0) is 9.53 Å². The van der Waals surface area contributed by atoms with E-state index in [4.69, 9.17) is 4.74 Å². The van der Waals surface area contributed by atoms with Gasteiger partial charge in [-0.3, -0.25) is 4.79 Å². The van der Waals surface area contributed by atoms with Gasteiger partial charge in [0.25, 0.3) is 0 Å². The van der Waals surface area contributed by atoms with Crippen molar-refractivity contribution in [2.24, 2.45) is 0 Å². The first kappa shape index (κ1) is 15.8. The van der Waals surface area contributed by atoms with E-state index in [1.165, 1.54) is 0 Å². The summed E-state index contributed by atoms with van der Waals surface area (Å²) in [6, 6.07) is 9.94. The predicted octanol–water partition coefficient (Wildman–Crippen LogP) is 2.17. The molecule has 1 amide bonds. The van der Waals surface area contributed by atoms with Gasteiger partial charge in [0.2, 0.25) is 5.91 Å². The van der Waals surface area contributed by atoms with Crippen LogP contribution in [0.5, 0.6) is 0 Å². The van der Waals surface area contributed by atoms with E-state index in [-0.39, 0.29) is 12.0 Å². The number of carbonyl (C=O) groups is 1. The molecule has 0 aromatic heterocycles. The summed E-state index contributed by atoms with van der Waals surface area (Å²) in [6.45, 7) is 3.94. The minimum atomic E-state index is 0.112. The Balaban J connectivity index is 1.60. The molecule has 2 aliphatic rings. The fourth-order valence-electron chi connectivity index (χ4n) is 3.38. The van der Waals surface area contributed by atoms with E-state index in [0.717, 1.165) is 51.2 Å². The maximum atomic E-state index is 12.4. The van der Waals surface area contributed by atoms with Gasteiger partial charge in [0.15, 0.2) is 0 Å². The van der Waals surface area contributed by atoms with Crippen molar-refractivity contribution in [1.29, 1.82) is 5.26 Å². The van der Waals surface area contributed by atoms with Crippen molar-refractivity contribution in [3.05, 3.63) is 29.8 Å².